The van der Waals surface area contributed by atoms with E-state index in [-0.39, 0.29) is 5.92 Å². The fraction of sp³-hybridized carbons (Fsp3) is 1.00. The minimum Gasteiger partial charge on any atom is -0.309 e. The molecule has 1 aliphatic carbocycles. The molecule has 3 unspecified atom stereocenters. The zero-order chi connectivity index (χ0) is 10.1. The van der Waals surface area contributed by atoms with Gasteiger partial charge in [0.15, 0.2) is 0 Å². The lowest BCUT2D eigenvalue weighted by Gasteiger charge is -2.45. The van der Waals surface area contributed by atoms with Gasteiger partial charge in [-0.15, -0.1) is 0 Å². The molecule has 3 heteroatoms. The van der Waals surface area contributed by atoms with Crippen molar-refractivity contribution in [2.45, 2.75) is 45.1 Å². The van der Waals surface area contributed by atoms with Gasteiger partial charge in [-0.3, -0.25) is 0 Å². The average molecular weight is 191 g/mol. The maximum absolute atomic E-state index is 12.9. The lowest BCUT2D eigenvalue weighted by Crippen LogP contribution is -2.58. The summed E-state index contributed by atoms with van der Waals surface area (Å²) in [5.74, 6) is 0.460. The van der Waals surface area contributed by atoms with Crippen LogP contribution in [0.2, 0.25) is 0 Å². The molecule has 13 heavy (non-hydrogen) atoms. The largest absolute Gasteiger partial charge is 0.309 e. The normalized spacial score (nSPS) is 41.1. The van der Waals surface area contributed by atoms with Crippen LogP contribution in [-0.4, -0.2) is 19.0 Å². The number of halogens is 2. The minimum absolute atomic E-state index is 0.0613. The number of hydrogen-bond acceptors (Lipinski definition) is 1. The predicted molar refractivity (Wildman–Crippen MR) is 50.0 cm³/mol. The summed E-state index contributed by atoms with van der Waals surface area (Å²) in [7, 11) is 1.65. The summed E-state index contributed by atoms with van der Waals surface area (Å²) in [6.45, 7) is 4.00. The van der Waals surface area contributed by atoms with E-state index in [2.05, 4.69) is 12.2 Å². The smallest absolute Gasteiger partial charge is 0.256 e. The highest BCUT2D eigenvalue weighted by Gasteiger charge is 2.47. The minimum atomic E-state index is -2.25. The fourth-order valence-corrected chi connectivity index (χ4v) is 2.47. The summed E-state index contributed by atoms with van der Waals surface area (Å²) >= 11 is 0. The molecule has 1 fully saturated rings. The van der Waals surface area contributed by atoms with Gasteiger partial charge in [-0.1, -0.05) is 26.7 Å². The topological polar surface area (TPSA) is 12.0 Å². The molecule has 0 saturated heterocycles. The van der Waals surface area contributed by atoms with E-state index >= 15 is 0 Å². The van der Waals surface area contributed by atoms with E-state index < -0.39 is 12.0 Å². The first-order valence-electron chi connectivity index (χ1n) is 5.01. The molecule has 78 valence electrons. The van der Waals surface area contributed by atoms with Crippen molar-refractivity contribution >= 4 is 0 Å². The molecule has 1 N–H and O–H groups in total. The van der Waals surface area contributed by atoms with Crippen LogP contribution in [0.25, 0.3) is 0 Å². The van der Waals surface area contributed by atoms with Gasteiger partial charge in [-0.2, -0.15) is 0 Å². The highest BCUT2D eigenvalue weighted by atomic mass is 19.3. The van der Waals surface area contributed by atoms with Crippen LogP contribution in [0.4, 0.5) is 8.78 Å². The lowest BCUT2D eigenvalue weighted by molar-refractivity contribution is -0.0371. The molecule has 1 saturated carbocycles. The SMILES string of the molecule is CNC1(C(F)F)CCCC(C)C1C. The van der Waals surface area contributed by atoms with E-state index in [4.69, 9.17) is 0 Å². The van der Waals surface area contributed by atoms with Crippen molar-refractivity contribution in [1.82, 2.24) is 5.32 Å². The van der Waals surface area contributed by atoms with E-state index in [0.717, 1.165) is 12.8 Å². The van der Waals surface area contributed by atoms with Crippen LogP contribution in [0.15, 0.2) is 0 Å². The van der Waals surface area contributed by atoms with Gasteiger partial charge < -0.3 is 5.32 Å². The molecule has 0 heterocycles. The molecule has 1 aliphatic rings. The number of alkyl halides is 2. The van der Waals surface area contributed by atoms with Crippen molar-refractivity contribution in [3.05, 3.63) is 0 Å². The second-order valence-corrected chi connectivity index (χ2v) is 4.25. The average Bonchev–Trinajstić information content (AvgIpc) is 2.09. The third-order valence-electron chi connectivity index (χ3n) is 3.77. The molecule has 0 aromatic rings. The van der Waals surface area contributed by atoms with Gasteiger partial charge in [-0.05, 0) is 25.3 Å². The van der Waals surface area contributed by atoms with Crippen molar-refractivity contribution in [2.24, 2.45) is 11.8 Å². The summed E-state index contributed by atoms with van der Waals surface area (Å²) < 4.78 is 25.9. The second-order valence-electron chi connectivity index (χ2n) is 4.25. The maximum atomic E-state index is 12.9. The Morgan fingerprint density at radius 1 is 1.38 bits per heavy atom. The number of nitrogens with one attached hydrogen (secondary N) is 1. The Hall–Kier alpha value is -0.180. The first-order chi connectivity index (χ1) is 6.04. The van der Waals surface area contributed by atoms with Gasteiger partial charge >= 0.3 is 0 Å². The molecule has 3 atom stereocenters. The third kappa shape index (κ3) is 1.71. The summed E-state index contributed by atoms with van der Waals surface area (Å²) in [5.41, 5.74) is -0.933. The lowest BCUT2D eigenvalue weighted by atomic mass is 9.68. The highest BCUT2D eigenvalue weighted by molar-refractivity contribution is 4.98. The standard InChI is InChI=1S/C10H19F2N/c1-7-5-4-6-10(13-3,8(7)2)9(11)12/h7-9,13H,4-6H2,1-3H3. The molecule has 1 nitrogen and oxygen atoms in total. The number of rotatable bonds is 2. The summed E-state index contributed by atoms with van der Waals surface area (Å²) in [6.07, 6.45) is 0.343. The Labute approximate surface area is 78.9 Å². The van der Waals surface area contributed by atoms with Crippen LogP contribution in [0.3, 0.4) is 0 Å². The Morgan fingerprint density at radius 2 is 2.00 bits per heavy atom. The first kappa shape index (κ1) is 10.9. The Balaban J connectivity index is 2.83. The summed E-state index contributed by atoms with van der Waals surface area (Å²) in [5, 5.41) is 2.85. The molecular formula is C10H19F2N. The molecule has 1 rings (SSSR count). The molecule has 0 aromatic carbocycles. The van der Waals surface area contributed by atoms with Crippen LogP contribution in [-0.2, 0) is 0 Å². The quantitative estimate of drug-likeness (QED) is 0.707. The Morgan fingerprint density at radius 3 is 2.38 bits per heavy atom. The molecular weight excluding hydrogens is 172 g/mol. The van der Waals surface area contributed by atoms with Crippen molar-refractivity contribution in [3.63, 3.8) is 0 Å². The van der Waals surface area contributed by atoms with Crippen LogP contribution in [0.5, 0.6) is 0 Å². The maximum Gasteiger partial charge on any atom is 0.256 e. The van der Waals surface area contributed by atoms with Gasteiger partial charge in [0.05, 0.1) is 5.54 Å². The van der Waals surface area contributed by atoms with Gasteiger partial charge in [0.1, 0.15) is 0 Å². The second kappa shape index (κ2) is 3.91. The van der Waals surface area contributed by atoms with Crippen LogP contribution < -0.4 is 5.32 Å². The van der Waals surface area contributed by atoms with Gasteiger partial charge in [0, 0.05) is 0 Å². The fourth-order valence-electron chi connectivity index (χ4n) is 2.47. The summed E-state index contributed by atoms with van der Waals surface area (Å²) in [6, 6.07) is 0. The van der Waals surface area contributed by atoms with Crippen molar-refractivity contribution in [1.29, 1.82) is 0 Å². The molecule has 0 aliphatic heterocycles. The van der Waals surface area contributed by atoms with E-state index in [1.807, 2.05) is 6.92 Å². The Kier molecular flexibility index (Phi) is 3.28. The number of hydrogen-bond donors (Lipinski definition) is 1. The molecule has 0 amide bonds. The highest BCUT2D eigenvalue weighted by Crippen LogP contribution is 2.40. The van der Waals surface area contributed by atoms with Crippen molar-refractivity contribution in [2.75, 3.05) is 7.05 Å². The van der Waals surface area contributed by atoms with Crippen LogP contribution >= 0.6 is 0 Å². The Bertz CT molecular complexity index is 172. The first-order valence-corrected chi connectivity index (χ1v) is 5.01. The van der Waals surface area contributed by atoms with Gasteiger partial charge in [-0.25, -0.2) is 8.78 Å². The molecule has 0 aromatic heterocycles. The third-order valence-corrected chi connectivity index (χ3v) is 3.77. The molecule has 0 bridgehead atoms. The van der Waals surface area contributed by atoms with Crippen LogP contribution in [0.1, 0.15) is 33.1 Å². The van der Waals surface area contributed by atoms with Crippen molar-refractivity contribution in [3.8, 4) is 0 Å². The van der Waals surface area contributed by atoms with E-state index in [1.54, 1.807) is 7.05 Å². The monoisotopic (exact) mass is 191 g/mol. The zero-order valence-corrected chi connectivity index (χ0v) is 8.61. The van der Waals surface area contributed by atoms with E-state index in [0.29, 0.717) is 12.3 Å². The molecule has 0 radical (unpaired) electrons. The van der Waals surface area contributed by atoms with Gasteiger partial charge in [0.25, 0.3) is 6.43 Å². The van der Waals surface area contributed by atoms with Crippen LogP contribution in [0, 0.1) is 11.8 Å². The van der Waals surface area contributed by atoms with Crippen molar-refractivity contribution < 1.29 is 8.78 Å². The summed E-state index contributed by atoms with van der Waals surface area (Å²) in [4.78, 5) is 0. The zero-order valence-electron chi connectivity index (χ0n) is 8.61. The molecule has 0 spiro atoms. The predicted octanol–water partition coefficient (Wildman–Crippen LogP) is 2.67. The van der Waals surface area contributed by atoms with E-state index in [9.17, 15) is 8.78 Å². The van der Waals surface area contributed by atoms with E-state index in [1.165, 1.54) is 0 Å². The van der Waals surface area contributed by atoms with Gasteiger partial charge in [0.2, 0.25) is 0 Å².